The van der Waals surface area contributed by atoms with Gasteiger partial charge in [0.05, 0.1) is 18.8 Å². The molecule has 1 aliphatic heterocycles. The van der Waals surface area contributed by atoms with Crippen molar-refractivity contribution in [2.45, 2.75) is 39.5 Å². The first kappa shape index (κ1) is 26.5. The molecule has 2 amide bonds. The number of hydrogen-bond acceptors (Lipinski definition) is 6. The van der Waals surface area contributed by atoms with Gasteiger partial charge in [-0.2, -0.15) is 0 Å². The number of nitrogens with one attached hydrogen (secondary N) is 1. The molecule has 3 rings (SSSR count). The minimum atomic E-state index is -0.200. The van der Waals surface area contributed by atoms with Crippen LogP contribution in [-0.2, 0) is 16.1 Å². The van der Waals surface area contributed by atoms with E-state index < -0.39 is 0 Å². The van der Waals surface area contributed by atoms with Gasteiger partial charge in [0.25, 0.3) is 5.91 Å². The molecule has 2 aromatic carbocycles. The van der Waals surface area contributed by atoms with Crippen LogP contribution in [0.25, 0.3) is 0 Å². The minimum Gasteiger partial charge on any atom is -0.496 e. The lowest BCUT2D eigenvalue weighted by Gasteiger charge is -2.36. The third kappa shape index (κ3) is 6.74. The van der Waals surface area contributed by atoms with E-state index in [2.05, 4.69) is 30.1 Å². The number of rotatable bonds is 5. The van der Waals surface area contributed by atoms with Gasteiger partial charge in [-0.1, -0.05) is 25.1 Å². The number of carbonyl (C=O) groups is 2. The molecule has 0 aliphatic carbocycles. The summed E-state index contributed by atoms with van der Waals surface area (Å²) in [5.74, 6) is 1.11. The molecule has 0 bridgehead atoms. The van der Waals surface area contributed by atoms with Crippen molar-refractivity contribution in [2.75, 3.05) is 46.3 Å². The molecule has 0 saturated heterocycles. The second kappa shape index (κ2) is 12.0. The summed E-state index contributed by atoms with van der Waals surface area (Å²) in [5.41, 5.74) is 2.06. The summed E-state index contributed by atoms with van der Waals surface area (Å²) < 4.78 is 17.6. The third-order valence-corrected chi connectivity index (χ3v) is 6.46. The Morgan fingerprint density at radius 1 is 1.14 bits per heavy atom. The maximum atomic E-state index is 13.4. The Labute approximate surface area is 208 Å². The van der Waals surface area contributed by atoms with E-state index in [0.29, 0.717) is 36.7 Å². The molecule has 1 N–H and O–H groups in total. The van der Waals surface area contributed by atoms with Gasteiger partial charge >= 0.3 is 0 Å². The second-order valence-corrected chi connectivity index (χ2v) is 9.23. The average Bonchev–Trinajstić information content (AvgIpc) is 2.84. The Balaban J connectivity index is 1.96. The molecule has 3 atom stereocenters. The lowest BCUT2D eigenvalue weighted by Crippen LogP contribution is -2.46. The molecule has 1 aliphatic rings. The summed E-state index contributed by atoms with van der Waals surface area (Å²) in [5, 5.41) is 2.75. The Bertz CT molecular complexity index is 1030. The first-order valence-corrected chi connectivity index (χ1v) is 11.9. The fourth-order valence-electron chi connectivity index (χ4n) is 4.41. The predicted octanol–water partition coefficient (Wildman–Crippen LogP) is 3.66. The van der Waals surface area contributed by atoms with E-state index in [1.54, 1.807) is 44.4 Å². The standard InChI is InChI=1S/C27H37N3O5/c1-18-14-30(15-21-9-7-8-10-24(21)33-5)19(2)17-35-25-12-11-22(28-20(3)31)13-23(25)27(32)29(4)16-26(18)34-6/h7-13,18-19,26H,14-17H2,1-6H3,(H,28,31)/t18-,19+,26-/m1/s1. The molecule has 0 radical (unpaired) electrons. The molecule has 1 heterocycles. The van der Waals surface area contributed by atoms with Gasteiger partial charge in [0.2, 0.25) is 5.91 Å². The zero-order valence-electron chi connectivity index (χ0n) is 21.5. The van der Waals surface area contributed by atoms with Crippen LogP contribution in [0.1, 0.15) is 36.7 Å². The number of carbonyl (C=O) groups excluding carboxylic acids is 2. The van der Waals surface area contributed by atoms with Gasteiger partial charge in [0.15, 0.2) is 0 Å². The molecule has 0 spiro atoms. The van der Waals surface area contributed by atoms with Gasteiger partial charge in [-0.25, -0.2) is 0 Å². The number of hydrogen-bond donors (Lipinski definition) is 1. The van der Waals surface area contributed by atoms with Crippen LogP contribution in [0.2, 0.25) is 0 Å². The predicted molar refractivity (Wildman–Crippen MR) is 136 cm³/mol. The number of nitrogens with zero attached hydrogens (tertiary/aromatic N) is 2. The zero-order valence-corrected chi connectivity index (χ0v) is 21.5. The van der Waals surface area contributed by atoms with Crippen molar-refractivity contribution in [1.82, 2.24) is 9.80 Å². The maximum absolute atomic E-state index is 13.4. The number of amides is 2. The highest BCUT2D eigenvalue weighted by Crippen LogP contribution is 2.27. The van der Waals surface area contributed by atoms with Crippen LogP contribution >= 0.6 is 0 Å². The highest BCUT2D eigenvalue weighted by Gasteiger charge is 2.29. The van der Waals surface area contributed by atoms with Crippen molar-refractivity contribution in [1.29, 1.82) is 0 Å². The van der Waals surface area contributed by atoms with Crippen molar-refractivity contribution >= 4 is 17.5 Å². The smallest absolute Gasteiger partial charge is 0.257 e. The molecule has 8 heteroatoms. The summed E-state index contributed by atoms with van der Waals surface area (Å²) in [6, 6.07) is 13.2. The van der Waals surface area contributed by atoms with E-state index in [1.807, 2.05) is 18.2 Å². The largest absolute Gasteiger partial charge is 0.496 e. The normalized spacial score (nSPS) is 21.8. The molecule has 2 aromatic rings. The molecule has 0 fully saturated rings. The molecular weight excluding hydrogens is 446 g/mol. The summed E-state index contributed by atoms with van der Waals surface area (Å²) in [6.45, 7) is 7.97. The Kier molecular flexibility index (Phi) is 9.12. The molecule has 190 valence electrons. The molecule has 0 saturated carbocycles. The Morgan fingerprint density at radius 2 is 1.89 bits per heavy atom. The van der Waals surface area contributed by atoms with Crippen LogP contribution in [0, 0.1) is 5.92 Å². The Morgan fingerprint density at radius 3 is 2.57 bits per heavy atom. The fourth-order valence-corrected chi connectivity index (χ4v) is 4.41. The SMILES string of the molecule is COc1ccccc1CN1C[C@@H](C)[C@H](OC)CN(C)C(=O)c2cc(NC(C)=O)ccc2OC[C@@H]1C. The van der Waals surface area contributed by atoms with Gasteiger partial charge in [-0.05, 0) is 37.1 Å². The summed E-state index contributed by atoms with van der Waals surface area (Å²) >= 11 is 0. The number of anilines is 1. The topological polar surface area (TPSA) is 80.3 Å². The summed E-state index contributed by atoms with van der Waals surface area (Å²) in [6.07, 6.45) is -0.154. The molecular formula is C27H37N3O5. The van der Waals surface area contributed by atoms with Crippen LogP contribution in [-0.4, -0.2) is 74.7 Å². The van der Waals surface area contributed by atoms with E-state index in [-0.39, 0.29) is 29.9 Å². The quantitative estimate of drug-likeness (QED) is 0.699. The van der Waals surface area contributed by atoms with E-state index >= 15 is 0 Å². The third-order valence-electron chi connectivity index (χ3n) is 6.46. The number of likely N-dealkylation sites (N-methyl/N-ethyl adjacent to an activating group) is 1. The second-order valence-electron chi connectivity index (χ2n) is 9.23. The minimum absolute atomic E-state index is 0.0509. The number of ether oxygens (including phenoxy) is 3. The number of fused-ring (bicyclic) bond motifs is 1. The van der Waals surface area contributed by atoms with Gasteiger partial charge in [-0.15, -0.1) is 0 Å². The van der Waals surface area contributed by atoms with Crippen molar-refractivity contribution < 1.29 is 23.8 Å². The number of benzene rings is 2. The fraction of sp³-hybridized carbons (Fsp3) is 0.481. The molecule has 0 aromatic heterocycles. The first-order chi connectivity index (χ1) is 16.7. The molecule has 8 nitrogen and oxygen atoms in total. The van der Waals surface area contributed by atoms with Gasteiger partial charge in [0, 0.05) is 58.0 Å². The molecule has 0 unspecified atom stereocenters. The number of para-hydroxylation sites is 1. The van der Waals surface area contributed by atoms with E-state index in [4.69, 9.17) is 14.2 Å². The first-order valence-electron chi connectivity index (χ1n) is 11.9. The average molecular weight is 484 g/mol. The van der Waals surface area contributed by atoms with E-state index in [0.717, 1.165) is 17.9 Å². The van der Waals surface area contributed by atoms with E-state index in [1.165, 1.54) is 6.92 Å². The summed E-state index contributed by atoms with van der Waals surface area (Å²) in [4.78, 5) is 28.9. The van der Waals surface area contributed by atoms with E-state index in [9.17, 15) is 9.59 Å². The van der Waals surface area contributed by atoms with Crippen LogP contribution in [0.3, 0.4) is 0 Å². The van der Waals surface area contributed by atoms with Gasteiger partial charge in [-0.3, -0.25) is 14.5 Å². The lowest BCUT2D eigenvalue weighted by atomic mass is 10.0. The summed E-state index contributed by atoms with van der Waals surface area (Å²) in [7, 11) is 5.13. The highest BCUT2D eigenvalue weighted by molar-refractivity contribution is 5.99. The van der Waals surface area contributed by atoms with Crippen molar-refractivity contribution in [3.8, 4) is 11.5 Å². The van der Waals surface area contributed by atoms with Crippen LogP contribution in [0.15, 0.2) is 42.5 Å². The van der Waals surface area contributed by atoms with Gasteiger partial charge in [0.1, 0.15) is 18.1 Å². The molecule has 35 heavy (non-hydrogen) atoms. The number of methoxy groups -OCH3 is 2. The van der Waals surface area contributed by atoms with Crippen molar-refractivity contribution in [3.63, 3.8) is 0 Å². The highest BCUT2D eigenvalue weighted by atomic mass is 16.5. The Hall–Kier alpha value is -3.10. The van der Waals surface area contributed by atoms with Crippen LogP contribution < -0.4 is 14.8 Å². The zero-order chi connectivity index (χ0) is 25.5. The monoisotopic (exact) mass is 483 g/mol. The van der Waals surface area contributed by atoms with Crippen LogP contribution in [0.4, 0.5) is 5.69 Å². The van der Waals surface area contributed by atoms with Crippen molar-refractivity contribution in [3.05, 3.63) is 53.6 Å². The van der Waals surface area contributed by atoms with Gasteiger partial charge < -0.3 is 24.4 Å². The van der Waals surface area contributed by atoms with Crippen molar-refractivity contribution in [2.24, 2.45) is 5.92 Å². The van der Waals surface area contributed by atoms with Crippen LogP contribution in [0.5, 0.6) is 11.5 Å². The maximum Gasteiger partial charge on any atom is 0.257 e. The lowest BCUT2D eigenvalue weighted by molar-refractivity contribution is -0.114.